The quantitative estimate of drug-likeness (QED) is 0.713. The maximum Gasteiger partial charge on any atom is 0.197 e. The Kier molecular flexibility index (Phi) is 3.55. The number of aromatic nitrogens is 1. The predicted octanol–water partition coefficient (Wildman–Crippen LogP) is 2.73. The zero-order chi connectivity index (χ0) is 16.0. The van der Waals surface area contributed by atoms with Crippen molar-refractivity contribution in [1.29, 1.82) is 5.41 Å². The van der Waals surface area contributed by atoms with Gasteiger partial charge in [-0.25, -0.2) is 9.98 Å². The molecule has 2 aliphatic heterocycles. The fourth-order valence-electron chi connectivity index (χ4n) is 2.58. The lowest BCUT2D eigenvalue weighted by Gasteiger charge is -2.29. The first-order chi connectivity index (χ1) is 11.1. The first kappa shape index (κ1) is 14.6. The number of phenolic OH excluding ortho intramolecular Hbond substituents is 1. The lowest BCUT2D eigenvalue weighted by Crippen LogP contribution is -2.45. The van der Waals surface area contributed by atoms with Gasteiger partial charge in [-0.3, -0.25) is 10.3 Å². The fraction of sp³-hybridized carbons (Fsp3) is 0.143. The number of amidine groups is 2. The number of thioether (sulfide) groups is 1. The summed E-state index contributed by atoms with van der Waals surface area (Å²) in [5, 5.41) is 24.3. The van der Waals surface area contributed by atoms with Gasteiger partial charge in [-0.05, 0) is 29.9 Å². The number of benzene rings is 1. The van der Waals surface area contributed by atoms with Crippen LogP contribution in [0.1, 0.15) is 11.6 Å². The SMILES string of the molecule is N=C1SC2C(=NC(=S)NC2c2ccc(O)cc2)N1c1nccs1. The van der Waals surface area contributed by atoms with Crippen LogP contribution in [-0.2, 0) is 0 Å². The molecule has 9 heteroatoms. The Bertz CT molecular complexity index is 802. The minimum atomic E-state index is -0.106. The van der Waals surface area contributed by atoms with Crippen molar-refractivity contribution in [1.82, 2.24) is 10.3 Å². The normalized spacial score (nSPS) is 23.5. The molecule has 2 aromatic rings. The minimum absolute atomic E-state index is 0.0670. The Morgan fingerprint density at radius 3 is 2.78 bits per heavy atom. The third kappa shape index (κ3) is 2.50. The Hall–Kier alpha value is -1.97. The number of rotatable bonds is 2. The molecule has 2 aliphatic rings. The number of thiocarbonyl (C=S) groups is 1. The van der Waals surface area contributed by atoms with E-state index >= 15 is 0 Å². The van der Waals surface area contributed by atoms with E-state index in [0.717, 1.165) is 16.5 Å². The van der Waals surface area contributed by atoms with Crippen LogP contribution in [0.4, 0.5) is 5.13 Å². The summed E-state index contributed by atoms with van der Waals surface area (Å²) in [4.78, 5) is 10.5. The van der Waals surface area contributed by atoms with Crippen LogP contribution in [0.15, 0.2) is 40.8 Å². The summed E-state index contributed by atoms with van der Waals surface area (Å²) in [5.41, 5.74) is 0.990. The fourth-order valence-corrected chi connectivity index (χ4v) is 4.67. The highest BCUT2D eigenvalue weighted by molar-refractivity contribution is 8.16. The van der Waals surface area contributed by atoms with E-state index in [1.54, 1.807) is 23.2 Å². The van der Waals surface area contributed by atoms with Crippen molar-refractivity contribution in [2.24, 2.45) is 4.99 Å². The highest BCUT2D eigenvalue weighted by Crippen LogP contribution is 2.41. The second-order valence-electron chi connectivity index (χ2n) is 4.98. The topological polar surface area (TPSA) is 84.6 Å². The highest BCUT2D eigenvalue weighted by Gasteiger charge is 2.45. The maximum atomic E-state index is 9.48. The maximum absolute atomic E-state index is 9.48. The average Bonchev–Trinajstić information content (AvgIpc) is 3.14. The van der Waals surface area contributed by atoms with Gasteiger partial charge in [-0.15, -0.1) is 11.3 Å². The largest absolute Gasteiger partial charge is 0.508 e. The van der Waals surface area contributed by atoms with E-state index in [0.29, 0.717) is 10.3 Å². The van der Waals surface area contributed by atoms with Crippen molar-refractivity contribution in [2.45, 2.75) is 11.3 Å². The van der Waals surface area contributed by atoms with Gasteiger partial charge in [-0.2, -0.15) is 0 Å². The Morgan fingerprint density at radius 2 is 2.09 bits per heavy atom. The number of anilines is 1. The molecule has 1 saturated heterocycles. The molecular weight excluding hydrogens is 350 g/mol. The first-order valence-corrected chi connectivity index (χ1v) is 8.93. The minimum Gasteiger partial charge on any atom is -0.508 e. The molecule has 3 N–H and O–H groups in total. The number of aliphatic imine (C=N–C) groups is 1. The molecule has 0 bridgehead atoms. The second-order valence-corrected chi connectivity index (χ2v) is 7.37. The molecule has 6 nitrogen and oxygen atoms in total. The van der Waals surface area contributed by atoms with Crippen LogP contribution >= 0.6 is 35.3 Å². The summed E-state index contributed by atoms with van der Waals surface area (Å²) in [5.74, 6) is 0.953. The molecule has 0 aliphatic carbocycles. The molecule has 116 valence electrons. The number of phenols is 1. The standard InChI is InChI=1S/C14H11N5OS3/c15-12-19(14-16-5-6-22-14)11-10(23-12)9(17-13(21)18-11)7-1-3-8(20)4-2-7/h1-6,9-10,15,20H,(H,17,21). The van der Waals surface area contributed by atoms with E-state index in [1.165, 1.54) is 23.1 Å². The highest BCUT2D eigenvalue weighted by atomic mass is 32.2. The van der Waals surface area contributed by atoms with E-state index in [9.17, 15) is 5.11 Å². The van der Waals surface area contributed by atoms with E-state index in [4.69, 9.17) is 17.6 Å². The molecule has 1 fully saturated rings. The van der Waals surface area contributed by atoms with Gasteiger partial charge in [0.2, 0.25) is 0 Å². The molecule has 2 unspecified atom stereocenters. The van der Waals surface area contributed by atoms with Crippen molar-refractivity contribution in [3.8, 4) is 5.75 Å². The van der Waals surface area contributed by atoms with E-state index in [2.05, 4.69) is 15.3 Å². The van der Waals surface area contributed by atoms with Crippen LogP contribution < -0.4 is 10.2 Å². The van der Waals surface area contributed by atoms with Gasteiger partial charge >= 0.3 is 0 Å². The van der Waals surface area contributed by atoms with Crippen LogP contribution in [0.2, 0.25) is 0 Å². The Labute approximate surface area is 145 Å². The van der Waals surface area contributed by atoms with Gasteiger partial charge in [0.15, 0.2) is 15.4 Å². The van der Waals surface area contributed by atoms with Gasteiger partial charge in [0.05, 0.1) is 11.3 Å². The van der Waals surface area contributed by atoms with Gasteiger partial charge in [-0.1, -0.05) is 23.9 Å². The molecule has 1 aromatic heterocycles. The molecule has 3 heterocycles. The van der Waals surface area contributed by atoms with Gasteiger partial charge < -0.3 is 10.4 Å². The van der Waals surface area contributed by atoms with Crippen LogP contribution in [-0.4, -0.2) is 31.5 Å². The molecule has 0 amide bonds. The summed E-state index contributed by atoms with van der Waals surface area (Å²) in [6.07, 6.45) is 1.71. The smallest absolute Gasteiger partial charge is 0.197 e. The van der Waals surface area contributed by atoms with Gasteiger partial charge in [0.1, 0.15) is 11.6 Å². The lowest BCUT2D eigenvalue weighted by molar-refractivity contribution is 0.474. The lowest BCUT2D eigenvalue weighted by atomic mass is 10.0. The zero-order valence-electron chi connectivity index (χ0n) is 11.6. The zero-order valence-corrected chi connectivity index (χ0v) is 14.1. The predicted molar refractivity (Wildman–Crippen MR) is 97.7 cm³/mol. The Morgan fingerprint density at radius 1 is 1.30 bits per heavy atom. The molecule has 0 saturated carbocycles. The molecule has 4 rings (SSSR count). The van der Waals surface area contributed by atoms with Crippen LogP contribution in [0.25, 0.3) is 0 Å². The van der Waals surface area contributed by atoms with Gasteiger partial charge in [0, 0.05) is 11.6 Å². The number of nitrogens with one attached hydrogen (secondary N) is 2. The summed E-state index contributed by atoms with van der Waals surface area (Å²) in [6, 6.07) is 6.90. The summed E-state index contributed by atoms with van der Waals surface area (Å²) in [6.45, 7) is 0. The van der Waals surface area contributed by atoms with Crippen molar-refractivity contribution in [3.63, 3.8) is 0 Å². The number of nitrogens with zero attached hydrogens (tertiary/aromatic N) is 3. The average molecular weight is 361 g/mol. The van der Waals surface area contributed by atoms with E-state index in [1.807, 2.05) is 17.5 Å². The Balaban J connectivity index is 1.74. The molecule has 0 radical (unpaired) electrons. The molecule has 0 spiro atoms. The first-order valence-electron chi connectivity index (χ1n) is 6.76. The second kappa shape index (κ2) is 5.59. The monoisotopic (exact) mass is 361 g/mol. The van der Waals surface area contributed by atoms with Crippen molar-refractivity contribution < 1.29 is 5.11 Å². The number of hydrogen-bond donors (Lipinski definition) is 3. The van der Waals surface area contributed by atoms with Crippen molar-refractivity contribution in [2.75, 3.05) is 4.90 Å². The third-order valence-electron chi connectivity index (χ3n) is 3.59. The van der Waals surface area contributed by atoms with E-state index in [-0.39, 0.29) is 17.0 Å². The number of aromatic hydroxyl groups is 1. The van der Waals surface area contributed by atoms with Crippen molar-refractivity contribution in [3.05, 3.63) is 41.4 Å². The van der Waals surface area contributed by atoms with Crippen LogP contribution in [0.3, 0.4) is 0 Å². The summed E-state index contributed by atoms with van der Waals surface area (Å²) in [7, 11) is 0. The third-order valence-corrected chi connectivity index (χ3v) is 5.69. The van der Waals surface area contributed by atoms with Crippen molar-refractivity contribution >= 4 is 56.6 Å². The number of fused-ring (bicyclic) bond motifs is 1. The number of hydrogen-bond acceptors (Lipinski definition) is 6. The molecular formula is C14H11N5OS3. The number of thiazole rings is 1. The van der Waals surface area contributed by atoms with Crippen LogP contribution in [0, 0.1) is 5.41 Å². The summed E-state index contributed by atoms with van der Waals surface area (Å²) < 4.78 is 0. The molecule has 2 atom stereocenters. The van der Waals surface area contributed by atoms with E-state index < -0.39 is 0 Å². The molecule has 23 heavy (non-hydrogen) atoms. The van der Waals surface area contributed by atoms with Gasteiger partial charge in [0.25, 0.3) is 0 Å². The summed E-state index contributed by atoms with van der Waals surface area (Å²) >= 11 is 8.17. The molecule has 1 aromatic carbocycles. The van der Waals surface area contributed by atoms with Crippen LogP contribution in [0.5, 0.6) is 5.75 Å².